The van der Waals surface area contributed by atoms with E-state index in [9.17, 15) is 0 Å². The van der Waals surface area contributed by atoms with Crippen LogP contribution < -0.4 is 11.5 Å². The van der Waals surface area contributed by atoms with E-state index in [4.69, 9.17) is 20.8 Å². The second-order valence-electron chi connectivity index (χ2n) is 6.93. The summed E-state index contributed by atoms with van der Waals surface area (Å²) in [4.78, 5) is 0. The molecule has 2 aromatic rings. The van der Waals surface area contributed by atoms with Crippen LogP contribution in [0.1, 0.15) is 33.3 Å². The summed E-state index contributed by atoms with van der Waals surface area (Å²) in [6.45, 7) is 8.47. The average Bonchev–Trinajstić information content (AvgIpc) is 2.94. The van der Waals surface area contributed by atoms with Gasteiger partial charge in [-0.3, -0.25) is 5.10 Å². The third-order valence-corrected chi connectivity index (χ3v) is 4.76. The molecule has 0 saturated carbocycles. The normalized spacial score (nSPS) is 20.4. The Labute approximate surface area is 136 Å². The summed E-state index contributed by atoms with van der Waals surface area (Å²) in [6, 6.07) is 5.91. The van der Waals surface area contributed by atoms with Gasteiger partial charge in [-0.2, -0.15) is 5.10 Å². The van der Waals surface area contributed by atoms with Crippen molar-refractivity contribution < 1.29 is 9.31 Å². The van der Waals surface area contributed by atoms with E-state index in [1.54, 1.807) is 0 Å². The van der Waals surface area contributed by atoms with Crippen molar-refractivity contribution in [2.75, 3.05) is 12.3 Å². The molecule has 0 aliphatic carbocycles. The van der Waals surface area contributed by atoms with E-state index in [-0.39, 0.29) is 11.2 Å². The van der Waals surface area contributed by atoms with E-state index < -0.39 is 7.12 Å². The maximum atomic E-state index is 6.07. The number of benzene rings is 1. The predicted molar refractivity (Wildman–Crippen MR) is 93.6 cm³/mol. The first-order chi connectivity index (χ1) is 10.7. The number of nitrogens with two attached hydrogens (primary N) is 2. The molecule has 0 spiro atoms. The lowest BCUT2D eigenvalue weighted by atomic mass is 9.77. The number of H-pyrrole nitrogens is 1. The van der Waals surface area contributed by atoms with Crippen molar-refractivity contribution in [3.63, 3.8) is 0 Å². The number of aromatic amines is 1. The number of rotatable bonds is 3. The molecule has 1 aromatic carbocycles. The highest BCUT2D eigenvalue weighted by atomic mass is 16.7. The molecule has 1 fully saturated rings. The highest BCUT2D eigenvalue weighted by molar-refractivity contribution is 6.55. The Morgan fingerprint density at radius 1 is 1.26 bits per heavy atom. The maximum Gasteiger partial charge on any atom is 0.491 e. The molecule has 23 heavy (non-hydrogen) atoms. The molecule has 1 aliphatic rings. The Kier molecular flexibility index (Phi) is 3.75. The summed E-state index contributed by atoms with van der Waals surface area (Å²) in [7, 11) is -0.437. The van der Waals surface area contributed by atoms with Crippen LogP contribution >= 0.6 is 0 Å². The molecule has 0 amide bonds. The first kappa shape index (κ1) is 16.0. The van der Waals surface area contributed by atoms with Gasteiger partial charge in [0, 0.05) is 11.9 Å². The summed E-state index contributed by atoms with van der Waals surface area (Å²) in [5.74, 6) is 0.500. The van der Waals surface area contributed by atoms with Crippen molar-refractivity contribution in [2.24, 2.45) is 5.73 Å². The van der Waals surface area contributed by atoms with Crippen LogP contribution in [0.3, 0.4) is 0 Å². The van der Waals surface area contributed by atoms with Gasteiger partial charge in [0.05, 0.1) is 16.7 Å². The van der Waals surface area contributed by atoms with E-state index in [0.29, 0.717) is 12.4 Å². The molecule has 5 N–H and O–H groups in total. The molecule has 0 atom stereocenters. The molecule has 3 rings (SSSR count). The summed E-state index contributed by atoms with van der Waals surface area (Å²) in [5.41, 5.74) is 13.7. The van der Waals surface area contributed by atoms with E-state index >= 15 is 0 Å². The number of anilines is 1. The first-order valence-electron chi connectivity index (χ1n) is 7.73. The molecule has 0 radical (unpaired) electrons. The van der Waals surface area contributed by atoms with Crippen LogP contribution in [0, 0.1) is 0 Å². The van der Waals surface area contributed by atoms with Gasteiger partial charge in [0.1, 0.15) is 0 Å². The lowest BCUT2D eigenvalue weighted by Gasteiger charge is -2.32. The van der Waals surface area contributed by atoms with Gasteiger partial charge in [0.15, 0.2) is 5.82 Å². The zero-order valence-corrected chi connectivity index (χ0v) is 14.0. The molecule has 1 aliphatic heterocycles. The lowest BCUT2D eigenvalue weighted by Crippen LogP contribution is -2.41. The van der Waals surface area contributed by atoms with Gasteiger partial charge in [-0.1, -0.05) is 12.1 Å². The fourth-order valence-electron chi connectivity index (χ4n) is 2.58. The van der Waals surface area contributed by atoms with Crippen molar-refractivity contribution in [1.82, 2.24) is 10.2 Å². The van der Waals surface area contributed by atoms with E-state index in [0.717, 1.165) is 21.9 Å². The van der Waals surface area contributed by atoms with Crippen molar-refractivity contribution in [3.8, 4) is 0 Å². The molecule has 2 heterocycles. The SMILES string of the molecule is CC1(C)OB(C(=Cc2ccc3c(N)n[nH]c3c2)CN)OC1(C)C. The smallest absolute Gasteiger partial charge is 0.400 e. The predicted octanol–water partition coefficient (Wildman–Crippen LogP) is 2.12. The van der Waals surface area contributed by atoms with Gasteiger partial charge in [-0.15, -0.1) is 0 Å². The number of nitrogen functional groups attached to an aromatic ring is 1. The van der Waals surface area contributed by atoms with Crippen molar-refractivity contribution in [1.29, 1.82) is 0 Å². The minimum Gasteiger partial charge on any atom is -0.400 e. The van der Waals surface area contributed by atoms with Gasteiger partial charge in [-0.25, -0.2) is 0 Å². The number of hydrogen-bond acceptors (Lipinski definition) is 5. The van der Waals surface area contributed by atoms with E-state index in [2.05, 4.69) is 10.2 Å². The zero-order valence-electron chi connectivity index (χ0n) is 14.0. The number of nitrogens with zero attached hydrogens (tertiary/aromatic N) is 1. The second-order valence-corrected chi connectivity index (χ2v) is 6.93. The van der Waals surface area contributed by atoms with Gasteiger partial charge in [0.2, 0.25) is 0 Å². The number of fused-ring (bicyclic) bond motifs is 1. The van der Waals surface area contributed by atoms with Crippen LogP contribution in [0.15, 0.2) is 23.7 Å². The fourth-order valence-corrected chi connectivity index (χ4v) is 2.58. The average molecular weight is 314 g/mol. The minimum atomic E-state index is -0.437. The van der Waals surface area contributed by atoms with Gasteiger partial charge in [0.25, 0.3) is 0 Å². The van der Waals surface area contributed by atoms with Crippen molar-refractivity contribution >= 4 is 29.9 Å². The van der Waals surface area contributed by atoms with E-state index in [1.807, 2.05) is 52.0 Å². The molecule has 7 heteroatoms. The Morgan fingerprint density at radius 2 is 1.91 bits per heavy atom. The third kappa shape index (κ3) is 2.76. The zero-order chi connectivity index (χ0) is 16.8. The summed E-state index contributed by atoms with van der Waals surface area (Å²) < 4.78 is 12.1. The van der Waals surface area contributed by atoms with Gasteiger partial charge in [-0.05, 0) is 50.9 Å². The third-order valence-electron chi connectivity index (χ3n) is 4.76. The Hall–Kier alpha value is -1.83. The second kappa shape index (κ2) is 5.37. The molecule has 6 nitrogen and oxygen atoms in total. The Bertz CT molecular complexity index is 751. The number of nitrogens with one attached hydrogen (secondary N) is 1. The molecule has 122 valence electrons. The lowest BCUT2D eigenvalue weighted by molar-refractivity contribution is 0.00578. The molecule has 0 unspecified atom stereocenters. The topological polar surface area (TPSA) is 99.2 Å². The van der Waals surface area contributed by atoms with Crippen molar-refractivity contribution in [2.45, 2.75) is 38.9 Å². The number of aromatic nitrogens is 2. The first-order valence-corrected chi connectivity index (χ1v) is 7.73. The van der Waals surface area contributed by atoms with Crippen molar-refractivity contribution in [3.05, 3.63) is 29.2 Å². The van der Waals surface area contributed by atoms with Gasteiger partial charge < -0.3 is 20.8 Å². The molecular formula is C16H23BN4O2. The highest BCUT2D eigenvalue weighted by Crippen LogP contribution is 2.38. The Balaban J connectivity index is 1.92. The van der Waals surface area contributed by atoms with E-state index in [1.165, 1.54) is 0 Å². The van der Waals surface area contributed by atoms with Crippen LogP contribution in [-0.2, 0) is 9.31 Å². The molecule has 1 aromatic heterocycles. The summed E-state index contributed by atoms with van der Waals surface area (Å²) in [6.07, 6.45) is 2.00. The largest absolute Gasteiger partial charge is 0.491 e. The summed E-state index contributed by atoms with van der Waals surface area (Å²) in [5, 5.41) is 7.84. The fraction of sp³-hybridized carbons (Fsp3) is 0.438. The monoisotopic (exact) mass is 314 g/mol. The van der Waals surface area contributed by atoms with Gasteiger partial charge >= 0.3 is 7.12 Å². The standard InChI is InChI=1S/C16H23BN4O2/c1-15(2)16(3,4)23-17(22-15)11(9-18)7-10-5-6-12-13(8-10)20-21-14(12)19/h5-8H,9,18H2,1-4H3,(H3,19,20,21). The Morgan fingerprint density at radius 3 is 2.52 bits per heavy atom. The van der Waals surface area contributed by atoms with Crippen LogP contribution in [0.25, 0.3) is 17.0 Å². The number of hydrogen-bond donors (Lipinski definition) is 3. The molecular weight excluding hydrogens is 291 g/mol. The molecule has 0 bridgehead atoms. The molecule has 1 saturated heterocycles. The van der Waals surface area contributed by atoms with Crippen LogP contribution in [-0.4, -0.2) is 35.1 Å². The maximum absolute atomic E-state index is 6.07. The quantitative estimate of drug-likeness (QED) is 0.754. The minimum absolute atomic E-state index is 0.361. The van der Waals surface area contributed by atoms with Crippen LogP contribution in [0.4, 0.5) is 5.82 Å². The summed E-state index contributed by atoms with van der Waals surface area (Å²) >= 11 is 0. The van der Waals surface area contributed by atoms with Crippen LogP contribution in [0.5, 0.6) is 0 Å². The van der Waals surface area contributed by atoms with Crippen LogP contribution in [0.2, 0.25) is 0 Å². The highest BCUT2D eigenvalue weighted by Gasteiger charge is 2.52.